The summed E-state index contributed by atoms with van der Waals surface area (Å²) in [5, 5.41) is 13.8. The van der Waals surface area contributed by atoms with Gasteiger partial charge in [-0.25, -0.2) is 0 Å². The number of hydrogen-bond acceptors (Lipinski definition) is 6. The smallest absolute Gasteiger partial charge is 0.320 e. The van der Waals surface area contributed by atoms with Gasteiger partial charge in [0.15, 0.2) is 0 Å². The van der Waals surface area contributed by atoms with Crippen molar-refractivity contribution in [1.29, 1.82) is 0 Å². The van der Waals surface area contributed by atoms with E-state index in [-0.39, 0.29) is 0 Å². The molecule has 0 fully saturated rings. The van der Waals surface area contributed by atoms with Gasteiger partial charge in [0.1, 0.15) is 0 Å². The van der Waals surface area contributed by atoms with E-state index < -0.39 is 5.91 Å². The van der Waals surface area contributed by atoms with Crippen LogP contribution >= 0.6 is 0 Å². The summed E-state index contributed by atoms with van der Waals surface area (Å²) in [5.74, 6) is 0.0513. The number of rotatable bonds is 6. The van der Waals surface area contributed by atoms with Crippen LogP contribution in [-0.2, 0) is 6.54 Å². The lowest BCUT2D eigenvalue weighted by Crippen LogP contribution is -2.11. The predicted molar refractivity (Wildman–Crippen MR) is 69.9 cm³/mol. The molecule has 19 heavy (non-hydrogen) atoms. The lowest BCUT2D eigenvalue weighted by Gasteiger charge is -2.01. The molecule has 1 aromatic heterocycles. The molecule has 7 nitrogen and oxygen atoms in total. The zero-order chi connectivity index (χ0) is 13.7. The van der Waals surface area contributed by atoms with Crippen LogP contribution in [0.1, 0.15) is 23.2 Å². The molecule has 0 atom stereocenters. The molecular formula is C12H15N5O2. The fourth-order valence-electron chi connectivity index (χ4n) is 1.45. The van der Waals surface area contributed by atoms with Crippen molar-refractivity contribution in [3.63, 3.8) is 0 Å². The first-order valence-corrected chi connectivity index (χ1v) is 5.89. The summed E-state index contributed by atoms with van der Waals surface area (Å²) in [4.78, 5) is 10.9. The lowest BCUT2D eigenvalue weighted by molar-refractivity contribution is 0.100. The molecule has 0 spiro atoms. The van der Waals surface area contributed by atoms with Crippen molar-refractivity contribution in [3.05, 3.63) is 35.7 Å². The average molecular weight is 261 g/mol. The number of nitrogens with one attached hydrogen (secondary N) is 2. The number of benzene rings is 1. The van der Waals surface area contributed by atoms with Gasteiger partial charge in [-0.1, -0.05) is 12.0 Å². The van der Waals surface area contributed by atoms with Crippen LogP contribution in [0.15, 0.2) is 28.7 Å². The third kappa shape index (κ3) is 3.52. The molecule has 2 rings (SSSR count). The molecule has 100 valence electrons. The molecule has 0 bridgehead atoms. The van der Waals surface area contributed by atoms with Crippen LogP contribution in [0.5, 0.6) is 0 Å². The standard InChI is InChI=1S/C12H15N5O2/c1-2-14-7-10-16-17-12(19-10)15-9-5-3-8(4-6-9)11(13)18/h3-6,14H,2,7H2,1H3,(H2,13,18)(H,15,17). The number of carbonyl (C=O) groups is 1. The van der Waals surface area contributed by atoms with Crippen molar-refractivity contribution < 1.29 is 9.21 Å². The Morgan fingerprint density at radius 3 is 2.68 bits per heavy atom. The van der Waals surface area contributed by atoms with Crippen molar-refractivity contribution in [3.8, 4) is 0 Å². The molecule has 0 unspecified atom stereocenters. The van der Waals surface area contributed by atoms with Gasteiger partial charge < -0.3 is 20.8 Å². The first kappa shape index (κ1) is 13.0. The first-order valence-electron chi connectivity index (χ1n) is 5.89. The zero-order valence-electron chi connectivity index (χ0n) is 10.5. The summed E-state index contributed by atoms with van der Waals surface area (Å²) >= 11 is 0. The highest BCUT2D eigenvalue weighted by atomic mass is 16.4. The summed E-state index contributed by atoms with van der Waals surface area (Å²) < 4.78 is 5.38. The van der Waals surface area contributed by atoms with Crippen molar-refractivity contribution in [1.82, 2.24) is 15.5 Å². The largest absolute Gasteiger partial charge is 0.406 e. The maximum atomic E-state index is 10.9. The molecule has 4 N–H and O–H groups in total. The third-order valence-corrected chi connectivity index (χ3v) is 2.41. The number of anilines is 2. The van der Waals surface area contributed by atoms with E-state index in [1.165, 1.54) is 0 Å². The van der Waals surface area contributed by atoms with E-state index in [1.807, 2.05) is 6.92 Å². The number of aromatic nitrogens is 2. The molecule has 2 aromatic rings. The van der Waals surface area contributed by atoms with Crippen LogP contribution in [-0.4, -0.2) is 22.6 Å². The van der Waals surface area contributed by atoms with Gasteiger partial charge in [-0.15, -0.1) is 5.10 Å². The van der Waals surface area contributed by atoms with Crippen molar-refractivity contribution in [2.45, 2.75) is 13.5 Å². The third-order valence-electron chi connectivity index (χ3n) is 2.41. The highest BCUT2D eigenvalue weighted by molar-refractivity contribution is 5.93. The minimum Gasteiger partial charge on any atom is -0.406 e. The zero-order valence-corrected chi connectivity index (χ0v) is 10.5. The average Bonchev–Trinajstić information content (AvgIpc) is 2.84. The molecule has 0 aliphatic carbocycles. The Hall–Kier alpha value is -2.41. The molecule has 0 saturated carbocycles. The summed E-state index contributed by atoms with van der Waals surface area (Å²) in [5.41, 5.74) is 6.35. The van der Waals surface area contributed by atoms with Crippen LogP contribution in [0.4, 0.5) is 11.7 Å². The summed E-state index contributed by atoms with van der Waals surface area (Å²) in [7, 11) is 0. The monoisotopic (exact) mass is 261 g/mol. The number of nitrogens with zero attached hydrogens (tertiary/aromatic N) is 2. The molecule has 0 aliphatic rings. The Labute approximate surface area is 110 Å². The van der Waals surface area contributed by atoms with E-state index in [0.717, 1.165) is 12.2 Å². The van der Waals surface area contributed by atoms with E-state index in [0.29, 0.717) is 24.0 Å². The normalized spacial score (nSPS) is 10.4. The van der Waals surface area contributed by atoms with Crippen molar-refractivity contribution >= 4 is 17.6 Å². The maximum absolute atomic E-state index is 10.9. The summed E-state index contributed by atoms with van der Waals surface area (Å²) in [6.07, 6.45) is 0. The number of carbonyl (C=O) groups excluding carboxylic acids is 1. The van der Waals surface area contributed by atoms with Gasteiger partial charge in [-0.05, 0) is 30.8 Å². The van der Waals surface area contributed by atoms with Gasteiger partial charge in [0.05, 0.1) is 6.54 Å². The van der Waals surface area contributed by atoms with Gasteiger partial charge in [0.25, 0.3) is 0 Å². The lowest BCUT2D eigenvalue weighted by atomic mass is 10.2. The Balaban J connectivity index is 2.00. The molecule has 0 radical (unpaired) electrons. The minimum atomic E-state index is -0.461. The Bertz CT molecular complexity index is 550. The summed E-state index contributed by atoms with van der Waals surface area (Å²) in [6, 6.07) is 6.99. The van der Waals surface area contributed by atoms with E-state index in [4.69, 9.17) is 10.2 Å². The fourth-order valence-corrected chi connectivity index (χ4v) is 1.45. The SMILES string of the molecule is CCNCc1nnc(Nc2ccc(C(N)=O)cc2)o1. The minimum absolute atomic E-state index is 0.305. The van der Waals surface area contributed by atoms with Gasteiger partial charge >= 0.3 is 6.01 Å². The molecule has 1 aromatic carbocycles. The van der Waals surface area contributed by atoms with Crippen molar-refractivity contribution in [2.24, 2.45) is 5.73 Å². The van der Waals surface area contributed by atoms with Crippen molar-refractivity contribution in [2.75, 3.05) is 11.9 Å². The number of hydrogen-bond donors (Lipinski definition) is 3. The topological polar surface area (TPSA) is 106 Å². The van der Waals surface area contributed by atoms with Gasteiger partial charge in [0, 0.05) is 11.3 Å². The predicted octanol–water partition coefficient (Wildman–Crippen LogP) is 1.02. The second kappa shape index (κ2) is 5.96. The van der Waals surface area contributed by atoms with Crippen LogP contribution in [0.2, 0.25) is 0 Å². The van der Waals surface area contributed by atoms with Gasteiger partial charge in [0.2, 0.25) is 11.8 Å². The Morgan fingerprint density at radius 2 is 2.05 bits per heavy atom. The quantitative estimate of drug-likeness (QED) is 0.716. The van der Waals surface area contributed by atoms with E-state index >= 15 is 0 Å². The Morgan fingerprint density at radius 1 is 1.32 bits per heavy atom. The second-order valence-electron chi connectivity index (χ2n) is 3.85. The number of amides is 1. The van der Waals surface area contributed by atoms with E-state index in [1.54, 1.807) is 24.3 Å². The van der Waals surface area contributed by atoms with Crippen LogP contribution < -0.4 is 16.4 Å². The molecule has 0 aliphatic heterocycles. The van der Waals surface area contributed by atoms with Crippen LogP contribution in [0.25, 0.3) is 0 Å². The highest BCUT2D eigenvalue weighted by Gasteiger charge is 2.06. The van der Waals surface area contributed by atoms with Gasteiger partial charge in [-0.3, -0.25) is 4.79 Å². The highest BCUT2D eigenvalue weighted by Crippen LogP contribution is 2.15. The Kier molecular flexibility index (Phi) is 4.09. The molecule has 1 amide bonds. The molecule has 7 heteroatoms. The summed E-state index contributed by atoms with van der Waals surface area (Å²) in [6.45, 7) is 3.36. The number of nitrogens with two attached hydrogens (primary N) is 1. The first-order chi connectivity index (χ1) is 9.19. The fraction of sp³-hybridized carbons (Fsp3) is 0.250. The van der Waals surface area contributed by atoms with Gasteiger partial charge in [-0.2, -0.15) is 0 Å². The van der Waals surface area contributed by atoms with E-state index in [9.17, 15) is 4.79 Å². The number of primary amides is 1. The molecule has 0 saturated heterocycles. The maximum Gasteiger partial charge on any atom is 0.320 e. The second-order valence-corrected chi connectivity index (χ2v) is 3.85. The molecular weight excluding hydrogens is 246 g/mol. The van der Waals surface area contributed by atoms with Crippen LogP contribution in [0.3, 0.4) is 0 Å². The van der Waals surface area contributed by atoms with E-state index in [2.05, 4.69) is 20.8 Å². The molecule has 1 heterocycles. The van der Waals surface area contributed by atoms with Crippen LogP contribution in [0, 0.1) is 0 Å².